The summed E-state index contributed by atoms with van der Waals surface area (Å²) in [5.74, 6) is 1.47. The molecule has 0 aliphatic carbocycles. The number of nitriles is 1. The molecule has 0 fully saturated rings. The second kappa shape index (κ2) is 7.10. The number of hydrogen-bond acceptors (Lipinski definition) is 6. The van der Waals surface area contributed by atoms with Gasteiger partial charge in [0, 0.05) is 6.54 Å². The van der Waals surface area contributed by atoms with Gasteiger partial charge in [-0.05, 0) is 24.7 Å². The number of ether oxygens (including phenoxy) is 3. The normalized spacial score (nSPS) is 14.3. The molecule has 1 heterocycles. The van der Waals surface area contributed by atoms with E-state index >= 15 is 0 Å². The first kappa shape index (κ1) is 14.6. The summed E-state index contributed by atoms with van der Waals surface area (Å²) < 4.78 is 16.0. The van der Waals surface area contributed by atoms with Crippen molar-refractivity contribution in [3.63, 3.8) is 0 Å². The molecule has 1 aromatic carbocycles. The van der Waals surface area contributed by atoms with Gasteiger partial charge in [-0.25, -0.2) is 0 Å². The van der Waals surface area contributed by atoms with Gasteiger partial charge in [0.05, 0.1) is 31.9 Å². The van der Waals surface area contributed by atoms with Gasteiger partial charge in [-0.3, -0.25) is 4.90 Å². The highest BCUT2D eigenvalue weighted by molar-refractivity contribution is 5.44. The van der Waals surface area contributed by atoms with E-state index in [1.165, 1.54) is 0 Å². The third-order valence-corrected chi connectivity index (χ3v) is 2.88. The molecule has 0 spiro atoms. The molecular formula is C14H18N2O4. The highest BCUT2D eigenvalue weighted by Gasteiger charge is 2.13. The van der Waals surface area contributed by atoms with Crippen LogP contribution in [0.25, 0.3) is 0 Å². The van der Waals surface area contributed by atoms with Crippen molar-refractivity contribution in [3.05, 3.63) is 23.8 Å². The third-order valence-electron chi connectivity index (χ3n) is 2.88. The van der Waals surface area contributed by atoms with E-state index < -0.39 is 6.10 Å². The largest absolute Gasteiger partial charge is 0.454 e. The van der Waals surface area contributed by atoms with Crippen LogP contribution in [-0.4, -0.2) is 49.6 Å². The van der Waals surface area contributed by atoms with Gasteiger partial charge in [0.25, 0.3) is 0 Å². The maximum atomic E-state index is 9.76. The van der Waals surface area contributed by atoms with Gasteiger partial charge in [-0.15, -0.1) is 0 Å². The lowest BCUT2D eigenvalue weighted by Crippen LogP contribution is -2.32. The first-order valence-corrected chi connectivity index (χ1v) is 6.39. The van der Waals surface area contributed by atoms with Crippen molar-refractivity contribution in [2.75, 3.05) is 33.5 Å². The summed E-state index contributed by atoms with van der Waals surface area (Å²) in [5, 5.41) is 18.3. The molecule has 108 valence electrons. The summed E-state index contributed by atoms with van der Waals surface area (Å²) in [7, 11) is 1.78. The second-order valence-corrected chi connectivity index (χ2v) is 4.71. The lowest BCUT2D eigenvalue weighted by molar-refractivity contribution is 0.0153. The summed E-state index contributed by atoms with van der Waals surface area (Å²) >= 11 is 0. The molecule has 20 heavy (non-hydrogen) atoms. The van der Waals surface area contributed by atoms with Crippen LogP contribution in [-0.2, 0) is 11.3 Å². The van der Waals surface area contributed by atoms with Crippen molar-refractivity contribution in [1.82, 2.24) is 4.90 Å². The van der Waals surface area contributed by atoms with Gasteiger partial charge >= 0.3 is 0 Å². The van der Waals surface area contributed by atoms with Gasteiger partial charge in [0.15, 0.2) is 11.5 Å². The Morgan fingerprint density at radius 3 is 3.05 bits per heavy atom. The number of nitrogens with zero attached hydrogens (tertiary/aromatic N) is 2. The first-order valence-electron chi connectivity index (χ1n) is 6.39. The molecule has 0 bridgehead atoms. The molecule has 1 unspecified atom stereocenters. The van der Waals surface area contributed by atoms with Crippen molar-refractivity contribution in [2.24, 2.45) is 0 Å². The van der Waals surface area contributed by atoms with E-state index in [9.17, 15) is 5.11 Å². The lowest BCUT2D eigenvalue weighted by Gasteiger charge is -2.17. The fourth-order valence-corrected chi connectivity index (χ4v) is 1.94. The smallest absolute Gasteiger partial charge is 0.231 e. The summed E-state index contributed by atoms with van der Waals surface area (Å²) in [5.41, 5.74) is 0.965. The van der Waals surface area contributed by atoms with Crippen LogP contribution in [0.3, 0.4) is 0 Å². The number of likely N-dealkylation sites (N-methyl/N-ethyl adjacent to an activating group) is 1. The number of fused-ring (bicyclic) bond motifs is 1. The van der Waals surface area contributed by atoms with Crippen molar-refractivity contribution in [3.8, 4) is 17.6 Å². The van der Waals surface area contributed by atoms with E-state index in [0.29, 0.717) is 19.7 Å². The zero-order valence-electron chi connectivity index (χ0n) is 11.4. The van der Waals surface area contributed by atoms with E-state index in [1.54, 1.807) is 11.9 Å². The number of benzene rings is 1. The molecule has 0 saturated carbocycles. The van der Waals surface area contributed by atoms with Gasteiger partial charge in [-0.1, -0.05) is 6.07 Å². The lowest BCUT2D eigenvalue weighted by atomic mass is 10.2. The minimum absolute atomic E-state index is 0.226. The predicted molar refractivity (Wildman–Crippen MR) is 71.3 cm³/mol. The molecule has 6 heteroatoms. The molecule has 0 radical (unpaired) electrons. The van der Waals surface area contributed by atoms with Gasteiger partial charge in [-0.2, -0.15) is 5.26 Å². The molecule has 0 aromatic heterocycles. The maximum absolute atomic E-state index is 9.76. The van der Waals surface area contributed by atoms with E-state index in [2.05, 4.69) is 0 Å². The first-order chi connectivity index (χ1) is 9.69. The number of aliphatic hydroxyl groups excluding tert-OH is 1. The van der Waals surface area contributed by atoms with E-state index in [-0.39, 0.29) is 13.4 Å². The van der Waals surface area contributed by atoms with E-state index in [4.69, 9.17) is 19.5 Å². The van der Waals surface area contributed by atoms with Crippen LogP contribution in [0.2, 0.25) is 0 Å². The molecule has 1 aliphatic heterocycles. The van der Waals surface area contributed by atoms with Gasteiger partial charge in [0.2, 0.25) is 6.79 Å². The van der Waals surface area contributed by atoms with Crippen LogP contribution < -0.4 is 9.47 Å². The third kappa shape index (κ3) is 4.10. The monoisotopic (exact) mass is 278 g/mol. The quantitative estimate of drug-likeness (QED) is 0.742. The zero-order valence-corrected chi connectivity index (χ0v) is 11.4. The number of rotatable bonds is 7. The Balaban J connectivity index is 1.72. The summed E-state index contributed by atoms with van der Waals surface area (Å²) in [6, 6.07) is 7.65. The Bertz CT molecular complexity index is 487. The zero-order chi connectivity index (χ0) is 14.4. The minimum atomic E-state index is -0.609. The standard InChI is InChI=1S/C14H18N2O4/c1-16(5-4-15)7-12(17)9-18-8-11-2-3-13-14(6-11)20-10-19-13/h2-3,6,12,17H,5,7-10H2,1H3. The Kier molecular flexibility index (Phi) is 5.18. The Labute approximate surface area is 118 Å². The van der Waals surface area contributed by atoms with E-state index in [0.717, 1.165) is 17.1 Å². The fraction of sp³-hybridized carbons (Fsp3) is 0.500. The van der Waals surface area contributed by atoms with Crippen molar-refractivity contribution in [1.29, 1.82) is 5.26 Å². The van der Waals surface area contributed by atoms with Gasteiger partial charge < -0.3 is 19.3 Å². The van der Waals surface area contributed by atoms with Crippen LogP contribution in [0.15, 0.2) is 18.2 Å². The van der Waals surface area contributed by atoms with Crippen LogP contribution in [0.1, 0.15) is 5.56 Å². The molecule has 0 saturated heterocycles. The van der Waals surface area contributed by atoms with Crippen LogP contribution in [0.5, 0.6) is 11.5 Å². The van der Waals surface area contributed by atoms with Gasteiger partial charge in [0.1, 0.15) is 0 Å². The summed E-state index contributed by atoms with van der Waals surface area (Å²) in [6.07, 6.45) is -0.609. The molecule has 6 nitrogen and oxygen atoms in total. The summed E-state index contributed by atoms with van der Waals surface area (Å²) in [4.78, 5) is 1.74. The highest BCUT2D eigenvalue weighted by atomic mass is 16.7. The molecule has 2 rings (SSSR count). The van der Waals surface area contributed by atoms with Crippen LogP contribution >= 0.6 is 0 Å². The topological polar surface area (TPSA) is 75.0 Å². The fourth-order valence-electron chi connectivity index (χ4n) is 1.94. The number of hydrogen-bond donors (Lipinski definition) is 1. The Morgan fingerprint density at radius 2 is 2.25 bits per heavy atom. The number of aliphatic hydroxyl groups is 1. The van der Waals surface area contributed by atoms with E-state index in [1.807, 2.05) is 24.3 Å². The molecule has 1 N–H and O–H groups in total. The van der Waals surface area contributed by atoms with Crippen molar-refractivity contribution < 1.29 is 19.3 Å². The maximum Gasteiger partial charge on any atom is 0.231 e. The average molecular weight is 278 g/mol. The molecule has 1 aliphatic rings. The average Bonchev–Trinajstić information content (AvgIpc) is 2.86. The van der Waals surface area contributed by atoms with Crippen LogP contribution in [0, 0.1) is 11.3 Å². The minimum Gasteiger partial charge on any atom is -0.454 e. The molecule has 1 atom stereocenters. The SMILES string of the molecule is CN(CC#N)CC(O)COCc1ccc2c(c1)OCO2. The second-order valence-electron chi connectivity index (χ2n) is 4.71. The van der Waals surface area contributed by atoms with Crippen LogP contribution in [0.4, 0.5) is 0 Å². The molecular weight excluding hydrogens is 260 g/mol. The predicted octanol–water partition coefficient (Wildman–Crippen LogP) is 0.748. The highest BCUT2D eigenvalue weighted by Crippen LogP contribution is 2.32. The summed E-state index contributed by atoms with van der Waals surface area (Å²) in [6.45, 7) is 1.58. The Morgan fingerprint density at radius 1 is 1.45 bits per heavy atom. The van der Waals surface area contributed by atoms with Crippen molar-refractivity contribution in [2.45, 2.75) is 12.7 Å². The molecule has 1 aromatic rings. The van der Waals surface area contributed by atoms with Crippen molar-refractivity contribution >= 4 is 0 Å². The molecule has 0 amide bonds. The Hall–Kier alpha value is -1.81.